The first-order valence-corrected chi connectivity index (χ1v) is 9.60. The van der Waals surface area contributed by atoms with Gasteiger partial charge in [-0.05, 0) is 12.1 Å². The third-order valence-corrected chi connectivity index (χ3v) is 5.50. The van der Waals surface area contributed by atoms with Gasteiger partial charge in [0, 0.05) is 23.1 Å². The Bertz CT molecular complexity index is 845. The Kier molecular flexibility index (Phi) is 5.60. The summed E-state index contributed by atoms with van der Waals surface area (Å²) in [6.45, 7) is 4.28. The van der Waals surface area contributed by atoms with Crippen LogP contribution >= 0.6 is 23.1 Å². The summed E-state index contributed by atoms with van der Waals surface area (Å²) in [6, 6.07) is 5.46. The van der Waals surface area contributed by atoms with Crippen molar-refractivity contribution in [2.24, 2.45) is 0 Å². The summed E-state index contributed by atoms with van der Waals surface area (Å²) in [5, 5.41) is 11.9. The molecule has 0 bridgehead atoms. The van der Waals surface area contributed by atoms with E-state index in [9.17, 15) is 0 Å². The molecule has 0 aliphatic heterocycles. The lowest BCUT2D eigenvalue weighted by molar-refractivity contribution is 0.393. The number of thiazole rings is 1. The van der Waals surface area contributed by atoms with Crippen molar-refractivity contribution in [2.75, 3.05) is 14.2 Å². The number of thioether (sulfide) groups is 1. The van der Waals surface area contributed by atoms with E-state index >= 15 is 0 Å². The van der Waals surface area contributed by atoms with Crippen LogP contribution in [0.2, 0.25) is 0 Å². The zero-order valence-corrected chi connectivity index (χ0v) is 16.1. The molecule has 8 heteroatoms. The van der Waals surface area contributed by atoms with Crippen LogP contribution in [0.1, 0.15) is 30.5 Å². The Hall–Kier alpha value is -2.06. The Morgan fingerprint density at radius 2 is 2.04 bits per heavy atom. The van der Waals surface area contributed by atoms with Gasteiger partial charge < -0.3 is 13.9 Å². The van der Waals surface area contributed by atoms with Crippen LogP contribution < -0.4 is 9.47 Å². The molecule has 0 aliphatic rings. The Balaban J connectivity index is 1.72. The van der Waals surface area contributed by atoms with Gasteiger partial charge in [-0.3, -0.25) is 0 Å². The van der Waals surface area contributed by atoms with E-state index < -0.39 is 0 Å². The molecule has 25 heavy (non-hydrogen) atoms. The first-order chi connectivity index (χ1) is 12.1. The van der Waals surface area contributed by atoms with Gasteiger partial charge in [-0.25, -0.2) is 4.98 Å². The Labute approximate surface area is 154 Å². The van der Waals surface area contributed by atoms with Gasteiger partial charge in [0.05, 0.1) is 30.5 Å². The highest BCUT2D eigenvalue weighted by atomic mass is 32.2. The largest absolute Gasteiger partial charge is 0.497 e. The lowest BCUT2D eigenvalue weighted by Crippen LogP contribution is -1.90. The minimum Gasteiger partial charge on any atom is -0.497 e. The SMILES string of the molecule is COc1ccc(-c2nnc(SCc3csc(C(C)C)n3)o2)c(OC)c1. The molecule has 0 fully saturated rings. The minimum absolute atomic E-state index is 0.420. The van der Waals surface area contributed by atoms with Crippen LogP contribution in [0.15, 0.2) is 33.2 Å². The molecule has 0 unspecified atom stereocenters. The number of hydrogen-bond acceptors (Lipinski definition) is 8. The first-order valence-electron chi connectivity index (χ1n) is 7.73. The van der Waals surface area contributed by atoms with Crippen LogP contribution in [0.3, 0.4) is 0 Å². The van der Waals surface area contributed by atoms with Crippen molar-refractivity contribution in [3.8, 4) is 23.0 Å². The molecule has 0 N–H and O–H groups in total. The van der Waals surface area contributed by atoms with Gasteiger partial charge in [-0.2, -0.15) is 0 Å². The number of nitrogens with zero attached hydrogens (tertiary/aromatic N) is 3. The summed E-state index contributed by atoms with van der Waals surface area (Å²) < 4.78 is 16.3. The van der Waals surface area contributed by atoms with Gasteiger partial charge in [0.1, 0.15) is 11.5 Å². The van der Waals surface area contributed by atoms with E-state index in [2.05, 4.69) is 34.4 Å². The normalized spacial score (nSPS) is 11.1. The second kappa shape index (κ2) is 7.88. The average Bonchev–Trinajstić information content (AvgIpc) is 3.28. The van der Waals surface area contributed by atoms with Crippen LogP contribution in [0, 0.1) is 0 Å². The molecule has 0 amide bonds. The zero-order valence-electron chi connectivity index (χ0n) is 14.5. The molecule has 0 radical (unpaired) electrons. The van der Waals surface area contributed by atoms with Crippen molar-refractivity contribution in [3.05, 3.63) is 34.3 Å². The van der Waals surface area contributed by atoms with Crippen molar-refractivity contribution in [1.82, 2.24) is 15.2 Å². The van der Waals surface area contributed by atoms with Gasteiger partial charge in [0.15, 0.2) is 0 Å². The van der Waals surface area contributed by atoms with E-state index in [4.69, 9.17) is 13.9 Å². The molecule has 1 aromatic carbocycles. The molecule has 0 atom stereocenters. The molecular weight excluding hydrogens is 358 g/mol. The highest BCUT2D eigenvalue weighted by Crippen LogP contribution is 2.34. The highest BCUT2D eigenvalue weighted by molar-refractivity contribution is 7.98. The highest BCUT2D eigenvalue weighted by Gasteiger charge is 2.15. The van der Waals surface area contributed by atoms with Crippen LogP contribution in [0.5, 0.6) is 11.5 Å². The van der Waals surface area contributed by atoms with Gasteiger partial charge in [-0.1, -0.05) is 25.6 Å². The van der Waals surface area contributed by atoms with Crippen molar-refractivity contribution in [2.45, 2.75) is 30.7 Å². The van der Waals surface area contributed by atoms with Crippen molar-refractivity contribution < 1.29 is 13.9 Å². The quantitative estimate of drug-likeness (QED) is 0.556. The third-order valence-electron chi connectivity index (χ3n) is 3.45. The van der Waals surface area contributed by atoms with Crippen LogP contribution in [-0.4, -0.2) is 29.4 Å². The molecule has 6 nitrogen and oxygen atoms in total. The van der Waals surface area contributed by atoms with Crippen molar-refractivity contribution >= 4 is 23.1 Å². The van der Waals surface area contributed by atoms with E-state index in [1.807, 2.05) is 12.1 Å². The maximum atomic E-state index is 5.76. The van der Waals surface area contributed by atoms with Gasteiger partial charge in [0.25, 0.3) is 11.1 Å². The van der Waals surface area contributed by atoms with Gasteiger partial charge >= 0.3 is 0 Å². The Morgan fingerprint density at radius 1 is 1.20 bits per heavy atom. The summed E-state index contributed by atoms with van der Waals surface area (Å²) in [6.07, 6.45) is 0. The fourth-order valence-corrected chi connectivity index (χ4v) is 3.74. The molecule has 0 saturated heterocycles. The molecule has 2 heterocycles. The zero-order chi connectivity index (χ0) is 17.8. The molecule has 132 valence electrons. The average molecular weight is 377 g/mol. The predicted molar refractivity (Wildman–Crippen MR) is 98.6 cm³/mol. The summed E-state index contributed by atoms with van der Waals surface area (Å²) in [5.74, 6) is 2.90. The van der Waals surface area contributed by atoms with Crippen molar-refractivity contribution in [1.29, 1.82) is 0 Å². The van der Waals surface area contributed by atoms with Gasteiger partial charge in [0.2, 0.25) is 0 Å². The van der Waals surface area contributed by atoms with E-state index in [0.29, 0.717) is 34.3 Å². The third kappa shape index (κ3) is 4.13. The molecule has 3 rings (SSSR count). The molecule has 3 aromatic rings. The fourth-order valence-electron chi connectivity index (χ4n) is 2.14. The van der Waals surface area contributed by atoms with Gasteiger partial charge in [-0.15, -0.1) is 21.5 Å². The molecule has 0 saturated carbocycles. The number of benzene rings is 1. The number of ether oxygens (including phenoxy) is 2. The summed E-state index contributed by atoms with van der Waals surface area (Å²) >= 11 is 3.16. The maximum Gasteiger partial charge on any atom is 0.277 e. The summed E-state index contributed by atoms with van der Waals surface area (Å²) in [5.41, 5.74) is 1.76. The van der Waals surface area contributed by atoms with Crippen molar-refractivity contribution in [3.63, 3.8) is 0 Å². The molecule has 0 aliphatic carbocycles. The molecule has 0 spiro atoms. The number of methoxy groups -OCH3 is 2. The lowest BCUT2D eigenvalue weighted by atomic mass is 10.2. The Morgan fingerprint density at radius 3 is 2.72 bits per heavy atom. The van der Waals surface area contributed by atoms with E-state index in [-0.39, 0.29) is 0 Å². The second-order valence-electron chi connectivity index (χ2n) is 5.56. The fraction of sp³-hybridized carbons (Fsp3) is 0.353. The summed E-state index contributed by atoms with van der Waals surface area (Å²) in [4.78, 5) is 4.61. The topological polar surface area (TPSA) is 70.3 Å². The van der Waals surface area contributed by atoms with Crippen LogP contribution in [-0.2, 0) is 5.75 Å². The first kappa shape index (κ1) is 17.8. The monoisotopic (exact) mass is 377 g/mol. The smallest absolute Gasteiger partial charge is 0.277 e. The summed E-state index contributed by atoms with van der Waals surface area (Å²) in [7, 11) is 3.21. The van der Waals surface area contributed by atoms with E-state index in [0.717, 1.165) is 16.3 Å². The number of aromatic nitrogens is 3. The van der Waals surface area contributed by atoms with E-state index in [1.165, 1.54) is 11.8 Å². The maximum absolute atomic E-state index is 5.76. The molecule has 2 aromatic heterocycles. The second-order valence-corrected chi connectivity index (χ2v) is 7.38. The number of hydrogen-bond donors (Lipinski definition) is 0. The lowest BCUT2D eigenvalue weighted by Gasteiger charge is -2.07. The predicted octanol–water partition coefficient (Wildman–Crippen LogP) is 4.63. The molecular formula is C17H19N3O3S2. The van der Waals surface area contributed by atoms with Crippen LogP contribution in [0.4, 0.5) is 0 Å². The number of rotatable bonds is 7. The standard InChI is InChI=1S/C17H19N3O3S2/c1-10(2)16-18-11(8-24-16)9-25-17-20-19-15(23-17)13-6-5-12(21-3)7-14(13)22-4/h5-8,10H,9H2,1-4H3. The van der Waals surface area contributed by atoms with Crippen LogP contribution in [0.25, 0.3) is 11.5 Å². The minimum atomic E-state index is 0.420. The van der Waals surface area contributed by atoms with E-state index in [1.54, 1.807) is 31.6 Å².